The predicted molar refractivity (Wildman–Crippen MR) is 92.3 cm³/mol. The molecule has 0 bridgehead atoms. The van der Waals surface area contributed by atoms with Crippen molar-refractivity contribution in [3.8, 4) is 0 Å². The molecule has 6 heteroatoms. The molecule has 20 heavy (non-hydrogen) atoms. The number of aromatic nitrogens is 1. The highest BCUT2D eigenvalue weighted by Crippen LogP contribution is 2.34. The van der Waals surface area contributed by atoms with Crippen LogP contribution < -0.4 is 5.32 Å². The standard InChI is InChI=1S/C14H15BrCl2N2S/c1-14(2,3)11-7-20-12(19-11)6-18-13-9(16)4-8(15)5-10(13)17/h4-5,7,18H,6H2,1-3H3. The van der Waals surface area contributed by atoms with Crippen LogP contribution >= 0.6 is 50.5 Å². The van der Waals surface area contributed by atoms with Crippen molar-refractivity contribution in [1.29, 1.82) is 0 Å². The molecule has 2 nitrogen and oxygen atoms in total. The van der Waals surface area contributed by atoms with Gasteiger partial charge in [0.25, 0.3) is 0 Å². The highest BCUT2D eigenvalue weighted by Gasteiger charge is 2.17. The van der Waals surface area contributed by atoms with Gasteiger partial charge in [0.2, 0.25) is 0 Å². The van der Waals surface area contributed by atoms with Gasteiger partial charge in [-0.25, -0.2) is 4.98 Å². The largest absolute Gasteiger partial charge is 0.376 e. The average molecular weight is 394 g/mol. The zero-order valence-electron chi connectivity index (χ0n) is 11.4. The molecule has 0 saturated heterocycles. The summed E-state index contributed by atoms with van der Waals surface area (Å²) in [5.74, 6) is 0. The molecule has 0 spiro atoms. The first-order valence-corrected chi connectivity index (χ1v) is 8.53. The van der Waals surface area contributed by atoms with Crippen molar-refractivity contribution < 1.29 is 0 Å². The Balaban J connectivity index is 2.12. The zero-order valence-corrected chi connectivity index (χ0v) is 15.3. The van der Waals surface area contributed by atoms with Crippen molar-refractivity contribution in [2.45, 2.75) is 32.7 Å². The molecule has 1 aromatic carbocycles. The van der Waals surface area contributed by atoms with Crippen molar-refractivity contribution in [3.63, 3.8) is 0 Å². The van der Waals surface area contributed by atoms with Crippen LogP contribution in [0.2, 0.25) is 10.0 Å². The molecular formula is C14H15BrCl2N2S. The van der Waals surface area contributed by atoms with Gasteiger partial charge in [0.1, 0.15) is 5.01 Å². The lowest BCUT2D eigenvalue weighted by atomic mass is 9.93. The minimum atomic E-state index is 0.0711. The van der Waals surface area contributed by atoms with E-state index in [-0.39, 0.29) is 5.41 Å². The Hall–Kier alpha value is -0.290. The molecule has 0 aliphatic carbocycles. The van der Waals surface area contributed by atoms with Crippen LogP contribution in [-0.4, -0.2) is 4.98 Å². The van der Waals surface area contributed by atoms with Crippen LogP contribution in [-0.2, 0) is 12.0 Å². The van der Waals surface area contributed by atoms with Gasteiger partial charge in [-0.1, -0.05) is 59.9 Å². The van der Waals surface area contributed by atoms with E-state index in [1.807, 2.05) is 12.1 Å². The first kappa shape index (κ1) is 16.1. The third kappa shape index (κ3) is 3.88. The summed E-state index contributed by atoms with van der Waals surface area (Å²) in [4.78, 5) is 4.63. The molecule has 0 aliphatic heterocycles. The molecule has 1 aromatic heterocycles. The van der Waals surface area contributed by atoms with Crippen molar-refractivity contribution >= 4 is 56.2 Å². The number of hydrogen-bond acceptors (Lipinski definition) is 3. The highest BCUT2D eigenvalue weighted by molar-refractivity contribution is 9.10. The molecule has 2 aromatic rings. The van der Waals surface area contributed by atoms with Crippen molar-refractivity contribution in [3.05, 3.63) is 42.7 Å². The number of thiazole rings is 1. The van der Waals surface area contributed by atoms with Gasteiger partial charge in [0, 0.05) is 15.3 Å². The molecule has 1 N–H and O–H groups in total. The SMILES string of the molecule is CC(C)(C)c1csc(CNc2c(Cl)cc(Br)cc2Cl)n1. The van der Waals surface area contributed by atoms with Crippen molar-refractivity contribution in [1.82, 2.24) is 4.98 Å². The Labute approximate surface area is 141 Å². The second-order valence-electron chi connectivity index (χ2n) is 5.47. The van der Waals surface area contributed by atoms with Crippen molar-refractivity contribution in [2.24, 2.45) is 0 Å². The van der Waals surface area contributed by atoms with Crippen molar-refractivity contribution in [2.75, 3.05) is 5.32 Å². The molecule has 0 unspecified atom stereocenters. The fourth-order valence-corrected chi connectivity index (χ4v) is 3.91. The first-order chi connectivity index (χ1) is 9.27. The molecule has 0 saturated carbocycles. The van der Waals surface area contributed by atoms with E-state index >= 15 is 0 Å². The lowest BCUT2D eigenvalue weighted by Gasteiger charge is -2.14. The monoisotopic (exact) mass is 392 g/mol. The fourth-order valence-electron chi connectivity index (χ4n) is 1.61. The number of anilines is 1. The van der Waals surface area contributed by atoms with Gasteiger partial charge in [0.05, 0.1) is 28.0 Å². The van der Waals surface area contributed by atoms with E-state index < -0.39 is 0 Å². The van der Waals surface area contributed by atoms with E-state index in [1.54, 1.807) is 11.3 Å². The number of rotatable bonds is 3. The van der Waals surface area contributed by atoms with Crippen LogP contribution in [0.1, 0.15) is 31.5 Å². The summed E-state index contributed by atoms with van der Waals surface area (Å²) in [5, 5.41) is 7.56. The summed E-state index contributed by atoms with van der Waals surface area (Å²) in [6.45, 7) is 7.08. The van der Waals surface area contributed by atoms with E-state index in [1.165, 1.54) is 0 Å². The molecule has 0 radical (unpaired) electrons. The summed E-state index contributed by atoms with van der Waals surface area (Å²) >= 11 is 17.4. The third-order valence-electron chi connectivity index (χ3n) is 2.74. The summed E-state index contributed by atoms with van der Waals surface area (Å²) in [6, 6.07) is 3.64. The van der Waals surface area contributed by atoms with Crippen LogP contribution in [0.5, 0.6) is 0 Å². The number of nitrogens with zero attached hydrogens (tertiary/aromatic N) is 1. The smallest absolute Gasteiger partial charge is 0.112 e. The number of nitrogens with one attached hydrogen (secondary N) is 1. The Morgan fingerprint density at radius 2 is 1.85 bits per heavy atom. The summed E-state index contributed by atoms with van der Waals surface area (Å²) in [5.41, 5.74) is 1.91. The van der Waals surface area contributed by atoms with E-state index in [0.29, 0.717) is 16.6 Å². The molecule has 0 atom stereocenters. The third-order valence-corrected chi connectivity index (χ3v) is 4.65. The van der Waals surface area contributed by atoms with Crippen LogP contribution in [0.15, 0.2) is 22.0 Å². The Kier molecular flexibility index (Phi) is 5.00. The molecule has 108 valence electrons. The first-order valence-electron chi connectivity index (χ1n) is 6.10. The van der Waals surface area contributed by atoms with E-state index in [4.69, 9.17) is 23.2 Å². The molecule has 2 rings (SSSR count). The fraction of sp³-hybridized carbons (Fsp3) is 0.357. The molecule has 0 fully saturated rings. The minimum absolute atomic E-state index is 0.0711. The lowest BCUT2D eigenvalue weighted by Crippen LogP contribution is -2.12. The van der Waals surface area contributed by atoms with Gasteiger partial charge < -0.3 is 5.32 Å². The van der Waals surface area contributed by atoms with Crippen LogP contribution in [0, 0.1) is 0 Å². The maximum absolute atomic E-state index is 6.18. The Morgan fingerprint density at radius 1 is 1.25 bits per heavy atom. The van der Waals surface area contributed by atoms with E-state index in [9.17, 15) is 0 Å². The minimum Gasteiger partial charge on any atom is -0.376 e. The van der Waals surface area contributed by atoms with Crippen LogP contribution in [0.4, 0.5) is 5.69 Å². The molecule has 1 heterocycles. The molecular weight excluding hydrogens is 379 g/mol. The summed E-state index contributed by atoms with van der Waals surface area (Å²) < 4.78 is 0.863. The van der Waals surface area contributed by atoms with E-state index in [0.717, 1.165) is 20.9 Å². The van der Waals surface area contributed by atoms with Gasteiger partial charge >= 0.3 is 0 Å². The maximum Gasteiger partial charge on any atom is 0.112 e. The van der Waals surface area contributed by atoms with Crippen LogP contribution in [0.25, 0.3) is 0 Å². The topological polar surface area (TPSA) is 24.9 Å². The highest BCUT2D eigenvalue weighted by atomic mass is 79.9. The second-order valence-corrected chi connectivity index (χ2v) is 8.15. The second kappa shape index (κ2) is 6.22. The molecule has 0 amide bonds. The van der Waals surface area contributed by atoms with Gasteiger partial charge in [0.15, 0.2) is 0 Å². The van der Waals surface area contributed by atoms with Gasteiger partial charge in [-0.3, -0.25) is 0 Å². The lowest BCUT2D eigenvalue weighted by molar-refractivity contribution is 0.571. The quantitative estimate of drug-likeness (QED) is 0.678. The number of benzene rings is 1. The Bertz CT molecular complexity index is 597. The summed E-state index contributed by atoms with van der Waals surface area (Å²) in [7, 11) is 0. The summed E-state index contributed by atoms with van der Waals surface area (Å²) in [6.07, 6.45) is 0. The van der Waals surface area contributed by atoms with Gasteiger partial charge in [-0.05, 0) is 12.1 Å². The zero-order chi connectivity index (χ0) is 14.9. The number of halogens is 3. The number of hydrogen-bond donors (Lipinski definition) is 1. The maximum atomic E-state index is 6.18. The predicted octanol–water partition coefficient (Wildman–Crippen LogP) is 6.12. The van der Waals surface area contributed by atoms with Gasteiger partial charge in [-0.2, -0.15) is 0 Å². The van der Waals surface area contributed by atoms with Gasteiger partial charge in [-0.15, -0.1) is 11.3 Å². The average Bonchev–Trinajstić information content (AvgIpc) is 2.75. The normalized spacial score (nSPS) is 11.7. The van der Waals surface area contributed by atoms with E-state index in [2.05, 4.69) is 52.4 Å². The van der Waals surface area contributed by atoms with Crippen LogP contribution in [0.3, 0.4) is 0 Å². The molecule has 0 aliphatic rings. The Morgan fingerprint density at radius 3 is 2.35 bits per heavy atom.